The Balaban J connectivity index is 1.71. The van der Waals surface area contributed by atoms with E-state index in [0.717, 1.165) is 0 Å². The zero-order valence-electron chi connectivity index (χ0n) is 13.3. The van der Waals surface area contributed by atoms with Crippen LogP contribution >= 0.6 is 23.2 Å². The molecule has 0 saturated heterocycles. The van der Waals surface area contributed by atoms with Gasteiger partial charge in [0.15, 0.2) is 0 Å². The third-order valence-electron chi connectivity index (χ3n) is 3.52. The van der Waals surface area contributed by atoms with Crippen molar-refractivity contribution in [1.29, 1.82) is 0 Å². The van der Waals surface area contributed by atoms with Gasteiger partial charge in [-0.3, -0.25) is 4.79 Å². The number of aromatic nitrogens is 2. The van der Waals surface area contributed by atoms with Crippen molar-refractivity contribution in [3.63, 3.8) is 0 Å². The Labute approximate surface area is 159 Å². The fraction of sp³-hybridized carbons (Fsp3) is 0.0556. The zero-order chi connectivity index (χ0) is 18.5. The predicted molar refractivity (Wildman–Crippen MR) is 100 cm³/mol. The predicted octanol–water partition coefficient (Wildman–Crippen LogP) is 4.79. The van der Waals surface area contributed by atoms with E-state index in [1.54, 1.807) is 36.4 Å². The molecule has 3 rings (SSSR count). The van der Waals surface area contributed by atoms with Gasteiger partial charge in [0, 0.05) is 18.2 Å². The van der Waals surface area contributed by atoms with Gasteiger partial charge in [-0.2, -0.15) is 0 Å². The summed E-state index contributed by atoms with van der Waals surface area (Å²) in [5, 5.41) is 6.18. The Morgan fingerprint density at radius 2 is 1.88 bits per heavy atom. The molecular formula is C18H13Cl2FN4O. The van der Waals surface area contributed by atoms with Crippen LogP contribution in [0.15, 0.2) is 54.9 Å². The smallest absolute Gasteiger partial charge is 0.274 e. The first-order chi connectivity index (χ1) is 12.5. The van der Waals surface area contributed by atoms with Gasteiger partial charge in [-0.15, -0.1) is 0 Å². The topological polar surface area (TPSA) is 66.9 Å². The molecule has 1 aromatic heterocycles. The molecule has 132 valence electrons. The lowest BCUT2D eigenvalue weighted by Gasteiger charge is -2.09. The van der Waals surface area contributed by atoms with Crippen molar-refractivity contribution in [3.05, 3.63) is 82.0 Å². The van der Waals surface area contributed by atoms with Crippen LogP contribution in [0.1, 0.15) is 16.1 Å². The van der Waals surface area contributed by atoms with Gasteiger partial charge < -0.3 is 10.6 Å². The van der Waals surface area contributed by atoms with E-state index < -0.39 is 5.91 Å². The largest absolute Gasteiger partial charge is 0.366 e. The molecule has 0 unspecified atom stereocenters. The Morgan fingerprint density at radius 1 is 1.08 bits per heavy atom. The van der Waals surface area contributed by atoms with Gasteiger partial charge in [0.05, 0.1) is 15.7 Å². The lowest BCUT2D eigenvalue weighted by Crippen LogP contribution is -2.15. The summed E-state index contributed by atoms with van der Waals surface area (Å²) in [6.45, 7) is 0.227. The molecule has 2 N–H and O–H groups in total. The van der Waals surface area contributed by atoms with Crippen molar-refractivity contribution in [1.82, 2.24) is 9.97 Å². The number of halogens is 3. The second kappa shape index (κ2) is 8.12. The second-order valence-electron chi connectivity index (χ2n) is 5.29. The van der Waals surface area contributed by atoms with Crippen LogP contribution in [0.3, 0.4) is 0 Å². The maximum atomic E-state index is 13.7. The van der Waals surface area contributed by atoms with Gasteiger partial charge in [-0.1, -0.05) is 47.5 Å². The molecule has 5 nitrogen and oxygen atoms in total. The lowest BCUT2D eigenvalue weighted by molar-refractivity contribution is 0.102. The lowest BCUT2D eigenvalue weighted by atomic mass is 10.2. The first-order valence-electron chi connectivity index (χ1n) is 7.59. The van der Waals surface area contributed by atoms with Crippen molar-refractivity contribution in [2.24, 2.45) is 0 Å². The average molecular weight is 391 g/mol. The number of hydrogen-bond donors (Lipinski definition) is 2. The SMILES string of the molecule is O=C(Nc1cccc(Cl)c1Cl)c1cc(NCc2ccccc2F)ncn1. The minimum Gasteiger partial charge on any atom is -0.366 e. The highest BCUT2D eigenvalue weighted by Gasteiger charge is 2.12. The number of hydrogen-bond acceptors (Lipinski definition) is 4. The fourth-order valence-corrected chi connectivity index (χ4v) is 2.54. The van der Waals surface area contributed by atoms with E-state index in [2.05, 4.69) is 20.6 Å². The monoisotopic (exact) mass is 390 g/mol. The van der Waals surface area contributed by atoms with E-state index in [1.165, 1.54) is 18.5 Å². The summed E-state index contributed by atoms with van der Waals surface area (Å²) in [5.74, 6) is -0.390. The second-order valence-corrected chi connectivity index (χ2v) is 6.07. The van der Waals surface area contributed by atoms with E-state index in [9.17, 15) is 9.18 Å². The summed E-state index contributed by atoms with van der Waals surface area (Å²) in [6, 6.07) is 12.8. The fourth-order valence-electron chi connectivity index (χ4n) is 2.19. The van der Waals surface area contributed by atoms with Gasteiger partial charge in [0.1, 0.15) is 23.7 Å². The number of nitrogens with zero attached hydrogens (tertiary/aromatic N) is 2. The number of rotatable bonds is 5. The number of carbonyl (C=O) groups is 1. The van der Waals surface area contributed by atoms with Crippen LogP contribution in [0.5, 0.6) is 0 Å². The normalized spacial score (nSPS) is 10.4. The Kier molecular flexibility index (Phi) is 5.65. The third kappa shape index (κ3) is 4.28. The quantitative estimate of drug-likeness (QED) is 0.657. The highest BCUT2D eigenvalue weighted by atomic mass is 35.5. The van der Waals surface area contributed by atoms with Gasteiger partial charge in [0.2, 0.25) is 0 Å². The van der Waals surface area contributed by atoms with E-state index in [-0.39, 0.29) is 23.1 Å². The Hall–Kier alpha value is -2.70. The first kappa shape index (κ1) is 18.1. The summed E-state index contributed by atoms with van der Waals surface area (Å²) < 4.78 is 13.7. The molecule has 26 heavy (non-hydrogen) atoms. The molecule has 0 spiro atoms. The van der Waals surface area contributed by atoms with E-state index in [0.29, 0.717) is 22.1 Å². The van der Waals surface area contributed by atoms with Crippen molar-refractivity contribution in [3.8, 4) is 0 Å². The maximum Gasteiger partial charge on any atom is 0.274 e. The Bertz CT molecular complexity index is 952. The summed E-state index contributed by atoms with van der Waals surface area (Å²) in [6.07, 6.45) is 1.25. The molecule has 1 amide bonds. The van der Waals surface area contributed by atoms with Crippen LogP contribution < -0.4 is 10.6 Å². The standard InChI is InChI=1S/C18H13Cl2FN4O/c19-12-5-3-7-14(17(12)20)25-18(26)15-8-16(24-10-23-15)22-9-11-4-1-2-6-13(11)21/h1-8,10H,9H2,(H,25,26)(H,22,23,24). The van der Waals surface area contributed by atoms with Gasteiger partial charge in [-0.25, -0.2) is 14.4 Å². The van der Waals surface area contributed by atoms with E-state index in [4.69, 9.17) is 23.2 Å². The summed E-state index contributed by atoms with van der Waals surface area (Å²) in [5.41, 5.74) is 0.999. The van der Waals surface area contributed by atoms with E-state index in [1.807, 2.05) is 0 Å². The molecule has 2 aromatic carbocycles. The molecular weight excluding hydrogens is 378 g/mol. The van der Waals surface area contributed by atoms with Gasteiger partial charge in [-0.05, 0) is 18.2 Å². The van der Waals surface area contributed by atoms with Crippen LogP contribution in [-0.4, -0.2) is 15.9 Å². The number of carbonyl (C=O) groups excluding carboxylic acids is 1. The Morgan fingerprint density at radius 3 is 2.69 bits per heavy atom. The number of nitrogens with one attached hydrogen (secondary N) is 2. The molecule has 0 bridgehead atoms. The molecule has 0 radical (unpaired) electrons. The minimum absolute atomic E-state index is 0.132. The molecule has 0 aliphatic carbocycles. The van der Waals surface area contributed by atoms with Crippen LogP contribution in [0.2, 0.25) is 10.0 Å². The molecule has 8 heteroatoms. The molecule has 0 saturated carbocycles. The molecule has 0 aliphatic rings. The van der Waals surface area contributed by atoms with Crippen molar-refractivity contribution in [2.75, 3.05) is 10.6 Å². The summed E-state index contributed by atoms with van der Waals surface area (Å²) in [7, 11) is 0. The minimum atomic E-state index is -0.467. The zero-order valence-corrected chi connectivity index (χ0v) is 14.9. The third-order valence-corrected chi connectivity index (χ3v) is 4.34. The maximum absolute atomic E-state index is 13.7. The van der Waals surface area contributed by atoms with Gasteiger partial charge >= 0.3 is 0 Å². The van der Waals surface area contributed by atoms with Crippen LogP contribution in [0.4, 0.5) is 15.9 Å². The molecule has 0 atom stereocenters. The highest BCUT2D eigenvalue weighted by Crippen LogP contribution is 2.29. The van der Waals surface area contributed by atoms with Crippen molar-refractivity contribution < 1.29 is 9.18 Å². The molecule has 0 aliphatic heterocycles. The van der Waals surface area contributed by atoms with Crippen molar-refractivity contribution in [2.45, 2.75) is 6.54 Å². The van der Waals surface area contributed by atoms with Crippen LogP contribution in [0, 0.1) is 5.82 Å². The molecule has 3 aromatic rings. The first-order valence-corrected chi connectivity index (χ1v) is 8.35. The van der Waals surface area contributed by atoms with Crippen molar-refractivity contribution >= 4 is 40.6 Å². The number of amides is 1. The average Bonchev–Trinajstić information content (AvgIpc) is 2.65. The number of anilines is 2. The molecule has 0 fully saturated rings. The molecule has 1 heterocycles. The van der Waals surface area contributed by atoms with Gasteiger partial charge in [0.25, 0.3) is 5.91 Å². The number of benzene rings is 2. The van der Waals surface area contributed by atoms with Crippen LogP contribution in [0.25, 0.3) is 0 Å². The summed E-state index contributed by atoms with van der Waals surface area (Å²) >= 11 is 12.0. The highest BCUT2D eigenvalue weighted by molar-refractivity contribution is 6.44. The van der Waals surface area contributed by atoms with Crippen LogP contribution in [-0.2, 0) is 6.54 Å². The summed E-state index contributed by atoms with van der Waals surface area (Å²) in [4.78, 5) is 20.3. The van der Waals surface area contributed by atoms with E-state index >= 15 is 0 Å².